The summed E-state index contributed by atoms with van der Waals surface area (Å²) < 4.78 is 39.4. The fourth-order valence-electron chi connectivity index (χ4n) is 5.36. The van der Waals surface area contributed by atoms with Crippen LogP contribution in [0.25, 0.3) is 0 Å². The Kier molecular flexibility index (Phi) is 4.42. The Bertz CT molecular complexity index is 1070. The Morgan fingerprint density at radius 1 is 0.903 bits per heavy atom. The van der Waals surface area contributed by atoms with E-state index in [9.17, 15) is 27.6 Å². The fourth-order valence-corrected chi connectivity index (χ4v) is 5.36. The molecule has 4 fully saturated rings. The van der Waals surface area contributed by atoms with E-state index in [4.69, 9.17) is 0 Å². The van der Waals surface area contributed by atoms with E-state index < -0.39 is 41.4 Å². The maximum absolute atomic E-state index is 13.3. The molecule has 1 saturated carbocycles. The normalized spacial score (nSPS) is 27.6. The highest BCUT2D eigenvalue weighted by atomic mass is 19.4. The molecule has 2 aromatic rings. The number of hydrogen-bond donors (Lipinski definition) is 0. The average Bonchev–Trinajstić information content (AvgIpc) is 3.06. The van der Waals surface area contributed by atoms with Gasteiger partial charge in [0.1, 0.15) is 0 Å². The van der Waals surface area contributed by atoms with Crippen molar-refractivity contribution in [2.75, 3.05) is 11.4 Å². The van der Waals surface area contributed by atoms with Crippen LogP contribution in [-0.4, -0.2) is 35.2 Å². The second-order valence-electron chi connectivity index (χ2n) is 8.34. The summed E-state index contributed by atoms with van der Waals surface area (Å²) in [5.74, 6) is -2.67. The van der Waals surface area contributed by atoms with Crippen LogP contribution in [0.5, 0.6) is 0 Å². The Morgan fingerprint density at radius 2 is 1.61 bits per heavy atom. The highest BCUT2D eigenvalue weighted by molar-refractivity contribution is 6.22. The number of carbonyl (C=O) groups excluding carboxylic acids is 3. The summed E-state index contributed by atoms with van der Waals surface area (Å²) >= 11 is 0. The van der Waals surface area contributed by atoms with E-state index in [-0.39, 0.29) is 17.5 Å². The van der Waals surface area contributed by atoms with Crippen LogP contribution in [0.4, 0.5) is 18.9 Å². The second kappa shape index (κ2) is 6.93. The first-order valence-corrected chi connectivity index (χ1v) is 10.2. The third-order valence-electron chi connectivity index (χ3n) is 6.70. The molecule has 2 aromatic carbocycles. The van der Waals surface area contributed by atoms with E-state index in [1.807, 2.05) is 0 Å². The van der Waals surface area contributed by atoms with Gasteiger partial charge in [-0.25, -0.2) is 4.90 Å². The molecule has 0 N–H and O–H groups in total. The Hall–Kier alpha value is -3.16. The van der Waals surface area contributed by atoms with Crippen LogP contribution in [0, 0.1) is 17.8 Å². The molecule has 31 heavy (non-hydrogen) atoms. The lowest BCUT2D eigenvalue weighted by Crippen LogP contribution is -2.60. The Balaban J connectivity index is 1.48. The molecule has 8 heteroatoms. The van der Waals surface area contributed by atoms with Crippen molar-refractivity contribution in [3.05, 3.63) is 65.7 Å². The number of halogens is 3. The molecule has 2 bridgehead atoms. The predicted molar refractivity (Wildman–Crippen MR) is 105 cm³/mol. The second-order valence-corrected chi connectivity index (χ2v) is 8.34. The zero-order valence-electron chi connectivity index (χ0n) is 16.4. The average molecular weight is 428 g/mol. The van der Waals surface area contributed by atoms with Gasteiger partial charge < -0.3 is 4.90 Å². The molecule has 160 valence electrons. The molecule has 3 saturated heterocycles. The number of anilines is 1. The van der Waals surface area contributed by atoms with Crippen molar-refractivity contribution < 1.29 is 27.6 Å². The number of alkyl halides is 3. The molecule has 3 heterocycles. The highest BCUT2D eigenvalue weighted by Gasteiger charge is 2.61. The van der Waals surface area contributed by atoms with Gasteiger partial charge in [0.2, 0.25) is 11.8 Å². The van der Waals surface area contributed by atoms with E-state index in [0.29, 0.717) is 24.9 Å². The summed E-state index contributed by atoms with van der Waals surface area (Å²) in [6.07, 6.45) is -3.27. The van der Waals surface area contributed by atoms with Crippen LogP contribution in [-0.2, 0) is 15.8 Å². The van der Waals surface area contributed by atoms with Gasteiger partial charge >= 0.3 is 6.18 Å². The molecule has 6 rings (SSSR count). The quantitative estimate of drug-likeness (QED) is 0.685. The van der Waals surface area contributed by atoms with E-state index in [2.05, 4.69) is 0 Å². The molecule has 0 aromatic heterocycles. The Morgan fingerprint density at radius 3 is 2.32 bits per heavy atom. The van der Waals surface area contributed by atoms with E-state index in [0.717, 1.165) is 17.0 Å². The van der Waals surface area contributed by atoms with Gasteiger partial charge in [0, 0.05) is 18.2 Å². The van der Waals surface area contributed by atoms with Crippen LogP contribution in [0.3, 0.4) is 0 Å². The lowest BCUT2D eigenvalue weighted by Gasteiger charge is -2.50. The smallest absolute Gasteiger partial charge is 0.335 e. The van der Waals surface area contributed by atoms with Gasteiger partial charge in [-0.3, -0.25) is 14.4 Å². The number of fused-ring (bicyclic) bond motifs is 2. The lowest BCUT2D eigenvalue weighted by molar-refractivity contribution is -0.137. The van der Waals surface area contributed by atoms with Gasteiger partial charge in [0.15, 0.2) is 0 Å². The monoisotopic (exact) mass is 428 g/mol. The minimum Gasteiger partial charge on any atom is -0.335 e. The summed E-state index contributed by atoms with van der Waals surface area (Å²) in [6, 6.07) is 12.6. The van der Waals surface area contributed by atoms with Crippen LogP contribution >= 0.6 is 0 Å². The van der Waals surface area contributed by atoms with Crippen molar-refractivity contribution in [1.29, 1.82) is 0 Å². The van der Waals surface area contributed by atoms with Gasteiger partial charge in [-0.1, -0.05) is 24.3 Å². The topological polar surface area (TPSA) is 57.7 Å². The van der Waals surface area contributed by atoms with Gasteiger partial charge in [-0.15, -0.1) is 0 Å². The van der Waals surface area contributed by atoms with Gasteiger partial charge in [-0.05, 0) is 49.1 Å². The van der Waals surface area contributed by atoms with E-state index in [1.165, 1.54) is 12.1 Å². The van der Waals surface area contributed by atoms with Gasteiger partial charge in [-0.2, -0.15) is 13.2 Å². The molecule has 4 atom stereocenters. The number of rotatable bonds is 2. The zero-order valence-corrected chi connectivity index (χ0v) is 16.4. The van der Waals surface area contributed by atoms with Crippen molar-refractivity contribution in [2.24, 2.45) is 17.8 Å². The molecule has 1 unspecified atom stereocenters. The molecular formula is C23H19F3N2O3. The van der Waals surface area contributed by atoms with Gasteiger partial charge in [0.25, 0.3) is 5.91 Å². The SMILES string of the molecule is O=C1[C@@H]2[C@H]3CCC(CN3C(=O)c3ccccc3)[C@@H]2C(=O)N1c1cccc(C(F)(F)F)c1. The first-order chi connectivity index (χ1) is 14.8. The third-order valence-corrected chi connectivity index (χ3v) is 6.70. The molecular weight excluding hydrogens is 409 g/mol. The lowest BCUT2D eigenvalue weighted by atomic mass is 9.66. The maximum Gasteiger partial charge on any atom is 0.416 e. The summed E-state index contributed by atoms with van der Waals surface area (Å²) in [6.45, 7) is 0.370. The predicted octanol–water partition coefficient (Wildman–Crippen LogP) is 3.75. The summed E-state index contributed by atoms with van der Waals surface area (Å²) in [5, 5.41) is 0. The summed E-state index contributed by atoms with van der Waals surface area (Å²) in [5.41, 5.74) is -0.470. The number of piperidine rings is 2. The largest absolute Gasteiger partial charge is 0.416 e. The van der Waals surface area contributed by atoms with Crippen LogP contribution < -0.4 is 4.90 Å². The van der Waals surface area contributed by atoms with Crippen molar-refractivity contribution in [3.8, 4) is 0 Å². The van der Waals surface area contributed by atoms with E-state index >= 15 is 0 Å². The molecule has 3 aliphatic heterocycles. The number of amides is 3. The molecule has 0 spiro atoms. The molecule has 5 nitrogen and oxygen atoms in total. The molecule has 0 radical (unpaired) electrons. The number of hydrogen-bond acceptors (Lipinski definition) is 3. The van der Waals surface area contributed by atoms with Crippen LogP contribution in [0.15, 0.2) is 54.6 Å². The molecule has 3 amide bonds. The van der Waals surface area contributed by atoms with Crippen molar-refractivity contribution in [3.63, 3.8) is 0 Å². The standard InChI is InChI=1S/C23H19F3N2O3/c24-23(25,26)15-7-4-8-16(11-15)28-21(30)18-14-9-10-17(19(18)22(28)31)27(12-14)20(29)13-5-2-1-3-6-13/h1-8,11,14,17-19H,9-10,12H2/t14?,17-,18+,19-/m1/s1. The highest BCUT2D eigenvalue weighted by Crippen LogP contribution is 2.49. The summed E-state index contributed by atoms with van der Waals surface area (Å²) in [7, 11) is 0. The van der Waals surface area contributed by atoms with Crippen molar-refractivity contribution >= 4 is 23.4 Å². The number of nitrogens with zero attached hydrogens (tertiary/aromatic N) is 2. The third kappa shape index (κ3) is 3.04. The van der Waals surface area contributed by atoms with Gasteiger partial charge in [0.05, 0.1) is 23.1 Å². The number of carbonyl (C=O) groups is 3. The maximum atomic E-state index is 13.3. The summed E-state index contributed by atoms with van der Waals surface area (Å²) in [4.78, 5) is 42.1. The molecule has 1 aliphatic carbocycles. The Labute approximate surface area is 176 Å². The molecule has 4 aliphatic rings. The number of benzene rings is 2. The van der Waals surface area contributed by atoms with Crippen LogP contribution in [0.2, 0.25) is 0 Å². The van der Waals surface area contributed by atoms with Crippen molar-refractivity contribution in [1.82, 2.24) is 4.90 Å². The van der Waals surface area contributed by atoms with Crippen LogP contribution in [0.1, 0.15) is 28.8 Å². The number of imide groups is 1. The first-order valence-electron chi connectivity index (χ1n) is 10.2. The van der Waals surface area contributed by atoms with E-state index in [1.54, 1.807) is 35.2 Å². The fraction of sp³-hybridized carbons (Fsp3) is 0.348. The zero-order chi connectivity index (χ0) is 21.9. The minimum absolute atomic E-state index is 0.0699. The van der Waals surface area contributed by atoms with Crippen molar-refractivity contribution in [2.45, 2.75) is 25.1 Å². The minimum atomic E-state index is -4.58. The first kappa shape index (κ1) is 19.8.